The van der Waals surface area contributed by atoms with Gasteiger partial charge < -0.3 is 10.5 Å². The zero-order chi connectivity index (χ0) is 13.8. The minimum absolute atomic E-state index is 0.169. The lowest BCUT2D eigenvalue weighted by atomic mass is 10.0. The summed E-state index contributed by atoms with van der Waals surface area (Å²) in [5.74, 6) is 0. The van der Waals surface area contributed by atoms with E-state index in [0.717, 1.165) is 39.2 Å². The molecule has 0 aromatic heterocycles. The molecule has 0 saturated carbocycles. The van der Waals surface area contributed by atoms with Crippen LogP contribution in [0.5, 0.6) is 0 Å². The largest absolute Gasteiger partial charge is 0.392 e. The Labute approximate surface area is 116 Å². The number of ether oxygens (including phenoxy) is 1. The second-order valence-electron chi connectivity index (χ2n) is 5.58. The molecule has 18 heavy (non-hydrogen) atoms. The lowest BCUT2D eigenvalue weighted by Crippen LogP contribution is -2.60. The standard InChI is InChI=1S/C13H27N3OS/c1-11(5-10-17-4)15-6-8-16(9-7-15)13(2,3)12(14)18/h11H,5-10H2,1-4H3,(H2,14,18). The van der Waals surface area contributed by atoms with Crippen LogP contribution in [-0.4, -0.2) is 66.3 Å². The van der Waals surface area contributed by atoms with E-state index in [0.29, 0.717) is 11.0 Å². The van der Waals surface area contributed by atoms with E-state index < -0.39 is 0 Å². The van der Waals surface area contributed by atoms with Gasteiger partial charge in [0.1, 0.15) is 0 Å². The number of rotatable bonds is 6. The maximum atomic E-state index is 5.82. The fourth-order valence-corrected chi connectivity index (χ4v) is 2.48. The van der Waals surface area contributed by atoms with Crippen LogP contribution < -0.4 is 5.73 Å². The van der Waals surface area contributed by atoms with Gasteiger partial charge in [0.2, 0.25) is 0 Å². The van der Waals surface area contributed by atoms with Crippen molar-refractivity contribution in [2.45, 2.75) is 38.8 Å². The summed E-state index contributed by atoms with van der Waals surface area (Å²) < 4.78 is 5.14. The second kappa shape index (κ2) is 6.80. The van der Waals surface area contributed by atoms with Gasteiger partial charge in [-0.2, -0.15) is 0 Å². The zero-order valence-electron chi connectivity index (χ0n) is 12.1. The third-order valence-corrected chi connectivity index (χ3v) is 4.57. The predicted molar refractivity (Wildman–Crippen MR) is 80.0 cm³/mol. The lowest BCUT2D eigenvalue weighted by Gasteiger charge is -2.45. The van der Waals surface area contributed by atoms with Crippen molar-refractivity contribution in [1.29, 1.82) is 0 Å². The number of hydrogen-bond donors (Lipinski definition) is 1. The first-order chi connectivity index (χ1) is 8.39. The third-order valence-electron chi connectivity index (χ3n) is 4.07. The molecule has 106 valence electrons. The molecule has 5 heteroatoms. The van der Waals surface area contributed by atoms with Crippen LogP contribution in [0.1, 0.15) is 27.2 Å². The molecule has 0 radical (unpaired) electrons. The van der Waals surface area contributed by atoms with E-state index in [1.54, 1.807) is 7.11 Å². The number of hydrogen-bond acceptors (Lipinski definition) is 4. The van der Waals surface area contributed by atoms with Crippen molar-refractivity contribution in [3.8, 4) is 0 Å². The fraction of sp³-hybridized carbons (Fsp3) is 0.923. The molecule has 0 spiro atoms. The molecule has 0 aromatic rings. The molecule has 1 saturated heterocycles. The Morgan fingerprint density at radius 3 is 2.33 bits per heavy atom. The van der Waals surface area contributed by atoms with Crippen LogP contribution >= 0.6 is 12.2 Å². The smallest absolute Gasteiger partial charge is 0.0928 e. The van der Waals surface area contributed by atoms with Crippen molar-refractivity contribution < 1.29 is 4.74 Å². The summed E-state index contributed by atoms with van der Waals surface area (Å²) >= 11 is 5.16. The van der Waals surface area contributed by atoms with Crippen LogP contribution in [0.25, 0.3) is 0 Å². The SMILES string of the molecule is COCCC(C)N1CCN(C(C)(C)C(N)=S)CC1. The Kier molecular flexibility index (Phi) is 5.98. The van der Waals surface area contributed by atoms with Gasteiger partial charge in [-0.25, -0.2) is 0 Å². The Bertz CT molecular complexity index is 275. The highest BCUT2D eigenvalue weighted by atomic mass is 32.1. The van der Waals surface area contributed by atoms with E-state index in [1.165, 1.54) is 0 Å². The van der Waals surface area contributed by atoms with Crippen molar-refractivity contribution in [2.75, 3.05) is 39.9 Å². The number of thiocarbonyl (C=S) groups is 1. The molecule has 1 aliphatic heterocycles. The first kappa shape index (κ1) is 15.8. The van der Waals surface area contributed by atoms with Gasteiger partial charge in [0.25, 0.3) is 0 Å². The number of nitrogens with zero attached hydrogens (tertiary/aromatic N) is 2. The van der Waals surface area contributed by atoms with Gasteiger partial charge in [-0.3, -0.25) is 9.80 Å². The highest BCUT2D eigenvalue weighted by molar-refractivity contribution is 7.80. The van der Waals surface area contributed by atoms with Gasteiger partial charge in [0.05, 0.1) is 10.5 Å². The summed E-state index contributed by atoms with van der Waals surface area (Å²) in [4.78, 5) is 5.49. The van der Waals surface area contributed by atoms with E-state index in [4.69, 9.17) is 22.7 Å². The third kappa shape index (κ3) is 3.88. The predicted octanol–water partition coefficient (Wildman–Crippen LogP) is 1.09. The topological polar surface area (TPSA) is 41.7 Å². The Morgan fingerprint density at radius 2 is 1.89 bits per heavy atom. The number of piperazine rings is 1. The zero-order valence-corrected chi connectivity index (χ0v) is 12.9. The normalized spacial score (nSPS) is 20.9. The molecular formula is C13H27N3OS. The van der Waals surface area contributed by atoms with E-state index in [1.807, 2.05) is 0 Å². The second-order valence-corrected chi connectivity index (χ2v) is 6.02. The first-order valence-corrected chi connectivity index (χ1v) is 7.08. The Morgan fingerprint density at radius 1 is 1.33 bits per heavy atom. The highest BCUT2D eigenvalue weighted by Gasteiger charge is 2.32. The van der Waals surface area contributed by atoms with E-state index in [9.17, 15) is 0 Å². The molecule has 1 heterocycles. The lowest BCUT2D eigenvalue weighted by molar-refractivity contribution is 0.0545. The van der Waals surface area contributed by atoms with E-state index >= 15 is 0 Å². The summed E-state index contributed by atoms with van der Waals surface area (Å²) in [5, 5.41) is 0. The molecule has 0 aromatic carbocycles. The van der Waals surface area contributed by atoms with E-state index in [2.05, 4.69) is 30.6 Å². The summed E-state index contributed by atoms with van der Waals surface area (Å²) in [6.45, 7) is 11.5. The minimum Gasteiger partial charge on any atom is -0.392 e. The summed E-state index contributed by atoms with van der Waals surface area (Å²) in [6, 6.07) is 0.583. The quantitative estimate of drug-likeness (QED) is 0.734. The van der Waals surface area contributed by atoms with Crippen molar-refractivity contribution in [3.05, 3.63) is 0 Å². The van der Waals surface area contributed by atoms with Crippen LogP contribution in [0.3, 0.4) is 0 Å². The van der Waals surface area contributed by atoms with Gasteiger partial charge in [-0.1, -0.05) is 12.2 Å². The van der Waals surface area contributed by atoms with Crippen LogP contribution in [0.15, 0.2) is 0 Å². The molecule has 1 atom stereocenters. The molecule has 0 bridgehead atoms. The van der Waals surface area contributed by atoms with Crippen molar-refractivity contribution in [1.82, 2.24) is 9.80 Å². The van der Waals surface area contributed by atoms with Crippen LogP contribution in [0, 0.1) is 0 Å². The Hall–Kier alpha value is -0.230. The molecule has 1 fully saturated rings. The van der Waals surface area contributed by atoms with Crippen molar-refractivity contribution in [2.24, 2.45) is 5.73 Å². The van der Waals surface area contributed by atoms with Crippen molar-refractivity contribution in [3.63, 3.8) is 0 Å². The molecule has 1 aliphatic rings. The van der Waals surface area contributed by atoms with Crippen LogP contribution in [0.4, 0.5) is 0 Å². The maximum absolute atomic E-state index is 5.82. The molecule has 0 aliphatic carbocycles. The van der Waals surface area contributed by atoms with Gasteiger partial charge in [-0.15, -0.1) is 0 Å². The summed E-state index contributed by atoms with van der Waals surface area (Å²) in [5.41, 5.74) is 5.65. The molecule has 1 unspecified atom stereocenters. The van der Waals surface area contributed by atoms with Gasteiger partial charge in [0.15, 0.2) is 0 Å². The molecular weight excluding hydrogens is 246 g/mol. The van der Waals surface area contributed by atoms with Crippen LogP contribution in [-0.2, 0) is 4.74 Å². The van der Waals surface area contributed by atoms with E-state index in [-0.39, 0.29) is 5.54 Å². The highest BCUT2D eigenvalue weighted by Crippen LogP contribution is 2.18. The molecule has 4 nitrogen and oxygen atoms in total. The average molecular weight is 273 g/mol. The number of methoxy groups -OCH3 is 1. The van der Waals surface area contributed by atoms with Gasteiger partial charge in [-0.05, 0) is 27.2 Å². The molecule has 0 amide bonds. The van der Waals surface area contributed by atoms with Crippen molar-refractivity contribution >= 4 is 17.2 Å². The van der Waals surface area contributed by atoms with Gasteiger partial charge >= 0.3 is 0 Å². The summed E-state index contributed by atoms with van der Waals surface area (Å²) in [6.07, 6.45) is 1.09. The minimum atomic E-state index is -0.169. The van der Waals surface area contributed by atoms with Gasteiger partial charge in [0, 0.05) is 45.9 Å². The molecule has 1 rings (SSSR count). The fourth-order valence-electron chi connectivity index (χ4n) is 2.35. The first-order valence-electron chi connectivity index (χ1n) is 6.67. The maximum Gasteiger partial charge on any atom is 0.0928 e. The monoisotopic (exact) mass is 273 g/mol. The molecule has 2 N–H and O–H groups in total. The summed E-state index contributed by atoms with van der Waals surface area (Å²) in [7, 11) is 1.76. The number of nitrogens with two attached hydrogens (primary N) is 1. The average Bonchev–Trinajstić information content (AvgIpc) is 2.35. The Balaban J connectivity index is 2.43. The van der Waals surface area contributed by atoms with Crippen LogP contribution in [0.2, 0.25) is 0 Å².